The van der Waals surface area contributed by atoms with Crippen LogP contribution in [0.25, 0.3) is 5.69 Å². The zero-order chi connectivity index (χ0) is 28.3. The summed E-state index contributed by atoms with van der Waals surface area (Å²) in [4.78, 5) is 30.3. The Labute approximate surface area is 241 Å². The number of carbonyl (C=O) groups excluding carboxylic acids is 2. The lowest BCUT2D eigenvalue weighted by molar-refractivity contribution is 0.0203. The van der Waals surface area contributed by atoms with Crippen LogP contribution in [0, 0.1) is 0 Å². The summed E-state index contributed by atoms with van der Waals surface area (Å²) < 4.78 is 7.37. The van der Waals surface area contributed by atoms with Crippen LogP contribution < -0.4 is 5.32 Å². The van der Waals surface area contributed by atoms with Crippen LogP contribution in [0.2, 0.25) is 5.02 Å². The fourth-order valence-corrected chi connectivity index (χ4v) is 5.79. The van der Waals surface area contributed by atoms with Crippen molar-refractivity contribution in [2.24, 2.45) is 0 Å². The van der Waals surface area contributed by atoms with Crippen molar-refractivity contribution >= 4 is 23.6 Å². The highest BCUT2D eigenvalue weighted by atomic mass is 35.5. The van der Waals surface area contributed by atoms with Crippen LogP contribution in [-0.2, 0) is 17.7 Å². The number of ether oxygens (including phenoxy) is 1. The van der Waals surface area contributed by atoms with Gasteiger partial charge in [0.25, 0.3) is 5.91 Å². The SMILES string of the molecule is CC(C)(C)OC(=O)N1CCC(c2c(C(=O)NCCN3CCc4ccccc4C3)cnn2-c2ccccc2Cl)CC1. The lowest BCUT2D eigenvalue weighted by Crippen LogP contribution is -2.42. The molecule has 1 aromatic heterocycles. The van der Waals surface area contributed by atoms with Crippen LogP contribution in [0.3, 0.4) is 0 Å². The van der Waals surface area contributed by atoms with Crippen molar-refractivity contribution < 1.29 is 14.3 Å². The number of hydrogen-bond acceptors (Lipinski definition) is 5. The van der Waals surface area contributed by atoms with E-state index in [-0.39, 0.29) is 17.9 Å². The number of nitrogens with zero attached hydrogens (tertiary/aromatic N) is 4. The van der Waals surface area contributed by atoms with Gasteiger partial charge in [0.1, 0.15) is 5.60 Å². The van der Waals surface area contributed by atoms with Gasteiger partial charge in [-0.2, -0.15) is 5.10 Å². The van der Waals surface area contributed by atoms with E-state index < -0.39 is 5.60 Å². The highest BCUT2D eigenvalue weighted by Gasteiger charge is 2.32. The topological polar surface area (TPSA) is 79.7 Å². The maximum absolute atomic E-state index is 13.5. The summed E-state index contributed by atoms with van der Waals surface area (Å²) in [6, 6.07) is 16.1. The summed E-state index contributed by atoms with van der Waals surface area (Å²) in [7, 11) is 0. The molecule has 1 saturated heterocycles. The molecule has 40 heavy (non-hydrogen) atoms. The second-order valence-corrected chi connectivity index (χ2v) is 12.0. The minimum absolute atomic E-state index is 0.0387. The van der Waals surface area contributed by atoms with Gasteiger partial charge in [-0.05, 0) is 63.3 Å². The molecule has 0 radical (unpaired) electrons. The van der Waals surface area contributed by atoms with Gasteiger partial charge in [-0.15, -0.1) is 0 Å². The minimum atomic E-state index is -0.542. The third-order valence-electron chi connectivity index (χ3n) is 7.59. The normalized spacial score (nSPS) is 16.4. The number of amides is 2. The van der Waals surface area contributed by atoms with Crippen molar-refractivity contribution in [1.82, 2.24) is 24.9 Å². The Kier molecular flexibility index (Phi) is 8.47. The number of carbonyl (C=O) groups is 2. The molecule has 2 aliphatic heterocycles. The van der Waals surface area contributed by atoms with E-state index >= 15 is 0 Å². The van der Waals surface area contributed by atoms with E-state index in [0.717, 1.165) is 37.4 Å². The molecule has 3 aromatic rings. The minimum Gasteiger partial charge on any atom is -0.444 e. The Balaban J connectivity index is 1.29. The van der Waals surface area contributed by atoms with Crippen molar-refractivity contribution in [3.8, 4) is 5.69 Å². The van der Waals surface area contributed by atoms with E-state index in [2.05, 4.69) is 39.6 Å². The van der Waals surface area contributed by atoms with E-state index in [1.54, 1.807) is 15.8 Å². The third kappa shape index (κ3) is 6.50. The summed E-state index contributed by atoms with van der Waals surface area (Å²) in [6.45, 7) is 9.92. The lowest BCUT2D eigenvalue weighted by atomic mass is 9.91. The highest BCUT2D eigenvalue weighted by molar-refractivity contribution is 6.32. The first kappa shape index (κ1) is 28.2. The Morgan fingerprint density at radius 1 is 1.02 bits per heavy atom. The average molecular weight is 564 g/mol. The van der Waals surface area contributed by atoms with Crippen molar-refractivity contribution in [1.29, 1.82) is 0 Å². The van der Waals surface area contributed by atoms with E-state index in [9.17, 15) is 9.59 Å². The molecule has 0 spiro atoms. The van der Waals surface area contributed by atoms with E-state index in [1.165, 1.54) is 11.1 Å². The summed E-state index contributed by atoms with van der Waals surface area (Å²) in [5.74, 6) is -0.0999. The van der Waals surface area contributed by atoms with Crippen LogP contribution in [0.5, 0.6) is 0 Å². The van der Waals surface area contributed by atoms with Gasteiger partial charge in [-0.25, -0.2) is 9.48 Å². The van der Waals surface area contributed by atoms with Gasteiger partial charge in [0.05, 0.1) is 28.2 Å². The fourth-order valence-electron chi connectivity index (χ4n) is 5.57. The molecule has 2 aliphatic rings. The summed E-state index contributed by atoms with van der Waals surface area (Å²) >= 11 is 6.55. The van der Waals surface area contributed by atoms with Crippen LogP contribution in [0.1, 0.15) is 66.7 Å². The predicted octanol–water partition coefficient (Wildman–Crippen LogP) is 5.43. The van der Waals surface area contributed by atoms with E-state index in [4.69, 9.17) is 16.3 Å². The first-order valence-corrected chi connectivity index (χ1v) is 14.5. The molecule has 5 rings (SSSR count). The number of benzene rings is 2. The smallest absolute Gasteiger partial charge is 0.410 e. The maximum Gasteiger partial charge on any atom is 0.410 e. The largest absolute Gasteiger partial charge is 0.444 e. The number of hydrogen-bond donors (Lipinski definition) is 1. The van der Waals surface area contributed by atoms with Gasteiger partial charge < -0.3 is 15.0 Å². The fraction of sp³-hybridized carbons (Fsp3) is 0.452. The van der Waals surface area contributed by atoms with Crippen LogP contribution >= 0.6 is 11.6 Å². The van der Waals surface area contributed by atoms with Crippen LogP contribution in [0.4, 0.5) is 4.79 Å². The van der Waals surface area contributed by atoms with Gasteiger partial charge in [-0.1, -0.05) is 48.0 Å². The second-order valence-electron chi connectivity index (χ2n) is 11.6. The summed E-state index contributed by atoms with van der Waals surface area (Å²) in [5.41, 5.74) is 4.36. The molecule has 212 valence electrons. The van der Waals surface area contributed by atoms with Crippen molar-refractivity contribution in [3.05, 3.63) is 82.1 Å². The van der Waals surface area contributed by atoms with Crippen molar-refractivity contribution in [2.75, 3.05) is 32.7 Å². The second kappa shape index (κ2) is 12.0. The van der Waals surface area contributed by atoms with Gasteiger partial charge in [0, 0.05) is 45.2 Å². The highest BCUT2D eigenvalue weighted by Crippen LogP contribution is 2.34. The zero-order valence-corrected chi connectivity index (χ0v) is 24.3. The molecule has 1 fully saturated rings. The molecule has 1 N–H and O–H groups in total. The molecule has 0 saturated carbocycles. The quantitative estimate of drug-likeness (QED) is 0.433. The number of nitrogens with one attached hydrogen (secondary N) is 1. The van der Waals surface area contributed by atoms with Crippen LogP contribution in [0.15, 0.2) is 54.7 Å². The molecular weight excluding hydrogens is 526 g/mol. The number of rotatable bonds is 6. The molecule has 2 aromatic carbocycles. The predicted molar refractivity (Wildman–Crippen MR) is 156 cm³/mol. The third-order valence-corrected chi connectivity index (χ3v) is 7.91. The molecule has 0 unspecified atom stereocenters. The maximum atomic E-state index is 13.5. The number of aromatic nitrogens is 2. The Morgan fingerprint density at radius 2 is 1.73 bits per heavy atom. The van der Waals surface area contributed by atoms with E-state index in [1.807, 2.05) is 45.0 Å². The molecule has 0 bridgehead atoms. The molecule has 3 heterocycles. The summed E-state index contributed by atoms with van der Waals surface area (Å²) in [5, 5.41) is 8.32. The van der Waals surface area contributed by atoms with Crippen molar-refractivity contribution in [2.45, 2.75) is 58.1 Å². The first-order valence-electron chi connectivity index (χ1n) is 14.1. The number of likely N-dealkylation sites (tertiary alicyclic amines) is 1. The van der Waals surface area contributed by atoms with Gasteiger partial charge >= 0.3 is 6.09 Å². The lowest BCUT2D eigenvalue weighted by Gasteiger charge is -2.34. The Morgan fingerprint density at radius 3 is 2.45 bits per heavy atom. The first-order chi connectivity index (χ1) is 19.2. The average Bonchev–Trinajstić information content (AvgIpc) is 3.37. The number of fused-ring (bicyclic) bond motifs is 1. The number of piperidine rings is 1. The molecule has 8 nitrogen and oxygen atoms in total. The molecule has 0 atom stereocenters. The molecule has 2 amide bonds. The Hall–Kier alpha value is -3.36. The molecule has 9 heteroatoms. The van der Waals surface area contributed by atoms with Gasteiger partial charge in [0.2, 0.25) is 0 Å². The van der Waals surface area contributed by atoms with Gasteiger partial charge in [-0.3, -0.25) is 9.69 Å². The van der Waals surface area contributed by atoms with Crippen LogP contribution in [-0.4, -0.2) is 69.9 Å². The van der Waals surface area contributed by atoms with Gasteiger partial charge in [0.15, 0.2) is 0 Å². The standard InChI is InChI=1S/C31H38ClN5O3/c1-31(2,3)40-30(39)36-17-13-23(14-18-36)28-25(20-34-37(28)27-11-7-6-10-26(27)32)29(38)33-15-19-35-16-12-22-8-4-5-9-24(22)21-35/h4-11,20,23H,12-19,21H2,1-3H3,(H,33,38). The molecule has 0 aliphatic carbocycles. The van der Waals surface area contributed by atoms with E-state index in [0.29, 0.717) is 43.1 Å². The van der Waals surface area contributed by atoms with Crippen molar-refractivity contribution in [3.63, 3.8) is 0 Å². The number of halogens is 1. The molecular formula is C31H38ClN5O3. The Bertz CT molecular complexity index is 1360. The zero-order valence-electron chi connectivity index (χ0n) is 23.5. The number of para-hydroxylation sites is 1. The summed E-state index contributed by atoms with van der Waals surface area (Å²) in [6.07, 6.45) is 3.77. The monoisotopic (exact) mass is 563 g/mol.